The van der Waals surface area contributed by atoms with E-state index < -0.39 is 170 Å². The van der Waals surface area contributed by atoms with Crippen LogP contribution in [0, 0.1) is 5.92 Å². The molecule has 1 aliphatic heterocycles. The van der Waals surface area contributed by atoms with Gasteiger partial charge < -0.3 is 107 Å². The number of aromatic nitrogens is 3. The van der Waals surface area contributed by atoms with Crippen LogP contribution in [0.4, 0.5) is 9.59 Å². The molecule has 1 aliphatic rings. The number of nitrogens with two attached hydrogens (primary N) is 5. The number of fused-ring (bicyclic) bond motifs is 1. The number of aliphatic hydroxyl groups is 2. The molecule has 36 nitrogen and oxygen atoms in total. The van der Waals surface area contributed by atoms with Gasteiger partial charge in [-0.2, -0.15) is 9.78 Å². The Balaban J connectivity index is 1.28. The van der Waals surface area contributed by atoms with Gasteiger partial charge in [-0.15, -0.1) is 0 Å². The van der Waals surface area contributed by atoms with Crippen molar-refractivity contribution in [2.45, 2.75) is 155 Å². The molecule has 1 saturated heterocycles. The maximum atomic E-state index is 14.9. The number of nitrogens with zero attached hydrogens (tertiary/aromatic N) is 4. The zero-order valence-electron chi connectivity index (χ0n) is 61.3. The summed E-state index contributed by atoms with van der Waals surface area (Å²) in [6.45, 7) is 3.29. The van der Waals surface area contributed by atoms with Crippen LogP contribution >= 0.6 is 11.8 Å². The molecule has 0 bridgehead atoms. The molecule has 1 fully saturated rings. The van der Waals surface area contributed by atoms with E-state index in [0.29, 0.717) is 37.7 Å². The number of carbonyl (C=O) groups is 13. The Labute approximate surface area is 633 Å². The van der Waals surface area contributed by atoms with Crippen LogP contribution < -0.4 is 87.2 Å². The summed E-state index contributed by atoms with van der Waals surface area (Å²) >= 11 is 1.24. The molecule has 37 heteroatoms. The summed E-state index contributed by atoms with van der Waals surface area (Å²) < 4.78 is 6.09. The Bertz CT molecular complexity index is 4000. The minimum atomic E-state index is -1.82. The fourth-order valence-electron chi connectivity index (χ4n) is 11.5. The second-order valence-corrected chi connectivity index (χ2v) is 27.2. The van der Waals surface area contributed by atoms with Gasteiger partial charge in [0.25, 0.3) is 5.91 Å². The largest absolute Gasteiger partial charge is 0.448 e. The molecular weight excluding hydrogens is 1430 g/mol. The number of pyridine rings is 1. The quantitative estimate of drug-likeness (QED) is 0.0221. The monoisotopic (exact) mass is 1530 g/mol. The van der Waals surface area contributed by atoms with E-state index in [4.69, 9.17) is 33.4 Å². The summed E-state index contributed by atoms with van der Waals surface area (Å²) in [5.74, 6) is -10.3. The van der Waals surface area contributed by atoms with Crippen LogP contribution in [0.5, 0.6) is 0 Å². The molecule has 3 heterocycles. The molecule has 3 aromatic carbocycles. The third kappa shape index (κ3) is 26.7. The van der Waals surface area contributed by atoms with Gasteiger partial charge in [0.05, 0.1) is 41.2 Å². The molecule has 11 atom stereocenters. The normalized spacial score (nSPS) is 19.8. The predicted molar refractivity (Wildman–Crippen MR) is 402 cm³/mol. The molecule has 590 valence electrons. The van der Waals surface area contributed by atoms with E-state index in [1.165, 1.54) is 25.7 Å². The van der Waals surface area contributed by atoms with Crippen molar-refractivity contribution in [3.63, 3.8) is 0 Å². The zero-order valence-corrected chi connectivity index (χ0v) is 62.1. The average Bonchev–Trinajstić information content (AvgIpc) is 1.63. The van der Waals surface area contributed by atoms with Crippen LogP contribution in [-0.4, -0.2) is 233 Å². The first-order valence-electron chi connectivity index (χ1n) is 35.6. The Hall–Kier alpha value is -11.0. The van der Waals surface area contributed by atoms with Gasteiger partial charge in [0.1, 0.15) is 61.0 Å². The summed E-state index contributed by atoms with van der Waals surface area (Å²) in [5.41, 5.74) is 31.2. The molecule has 0 aliphatic carbocycles. The summed E-state index contributed by atoms with van der Waals surface area (Å²) in [7, 11) is 1.50. The van der Waals surface area contributed by atoms with Gasteiger partial charge in [0.15, 0.2) is 0 Å². The predicted octanol–water partition coefficient (Wildman–Crippen LogP) is -2.80. The molecule has 109 heavy (non-hydrogen) atoms. The fraction of sp³-hybridized carbons (Fsp3) is 0.458. The van der Waals surface area contributed by atoms with Gasteiger partial charge in [-0.3, -0.25) is 57.7 Å². The molecule has 13 amide bonds. The third-order valence-corrected chi connectivity index (χ3v) is 18.2. The summed E-state index contributed by atoms with van der Waals surface area (Å²) in [6, 6.07) is 10.9. The Morgan fingerprint density at radius 3 is 1.87 bits per heavy atom. The molecule has 5 aromatic rings. The molecule has 0 spiro atoms. The number of primary amides is 1. The number of hydrogen-bond acceptors (Lipinski definition) is 23. The minimum absolute atomic E-state index is 0.0167. The highest BCUT2D eigenvalue weighted by Gasteiger charge is 2.38. The smallest absolute Gasteiger partial charge is 0.404 e. The van der Waals surface area contributed by atoms with Crippen LogP contribution in [-0.2, 0) is 59.1 Å². The standard InChI is InChI=1S/C72H100N20O16S/c1-40(2)37-54-67(102)83-49(22-28-73)62(97)82-52(25-31-76)66(101)89-59(41(3)93)69(104)80-33-26-53(65(100)81-50(23-29-74)64(99)87-55(68(103)86-54)38-43-13-7-6-8-14-43)84-63(98)51(24-30-75)85-70(105)60(42(4)94)88-58(95)27-34-91(35-36-108-71(77)106)72(107)92-56-39-45(109-57-17-10-9-16-47(57)61(96)78-5)19-20-46(56)48(90-92)21-18-44-15-11-12-32-79-44/h6-21,32,39-42,49-55,59-60,93-94H,22-31,33-38,73-76H2,1-5H3,(H2,77,106)(H,78,96)(H,80,104)(H,81,100)(H,82,97)(H,83,102)(H,84,98)(H,85,105)(H,86,103)(H,87,99)(H,88,95)(H,89,101)/b21-18+/t41-,42-,49-,50-,51-,52-,53+,54-,55-,59-,60+/m1/s1. The Morgan fingerprint density at radius 1 is 0.679 bits per heavy atom. The van der Waals surface area contributed by atoms with Crippen LogP contribution in [0.15, 0.2) is 107 Å². The highest BCUT2D eigenvalue weighted by atomic mass is 32.2. The Kier molecular flexibility index (Phi) is 34.9. The van der Waals surface area contributed by atoms with E-state index in [-0.39, 0.29) is 88.6 Å². The van der Waals surface area contributed by atoms with E-state index >= 15 is 0 Å². The first kappa shape index (κ1) is 87.0. The van der Waals surface area contributed by atoms with Crippen molar-refractivity contribution in [3.05, 3.63) is 120 Å². The van der Waals surface area contributed by atoms with E-state index in [0.717, 1.165) is 16.5 Å². The van der Waals surface area contributed by atoms with Gasteiger partial charge in [-0.25, -0.2) is 9.59 Å². The molecule has 2 aromatic heterocycles. The van der Waals surface area contributed by atoms with Gasteiger partial charge in [-0.05, 0) is 145 Å². The SMILES string of the molecule is CNC(=O)c1ccccc1Sc1ccc2c(/C=C/c3ccccn3)nn(C(=O)N(CCOC(N)=O)CCC(=O)N[C@H](C(=O)N[C@H](CCN)C(=O)N[C@H]3CCNC(=O)[C@@H]([C@@H](C)O)NC(=O)[C@@H](CCN)NC(=O)[C@@H](CCN)NC(=O)[C@@H](CC(C)C)NC(=O)[C@@H](Cc4ccccc4)NC(=O)[C@@H](CCN)NC3=O)[C@@H](C)O)c2c1. The van der Waals surface area contributed by atoms with Gasteiger partial charge >= 0.3 is 12.1 Å². The molecule has 0 radical (unpaired) electrons. The van der Waals surface area contributed by atoms with Crippen LogP contribution in [0.2, 0.25) is 0 Å². The molecular formula is C72H100N20O16S. The van der Waals surface area contributed by atoms with E-state index in [1.54, 1.807) is 123 Å². The van der Waals surface area contributed by atoms with Crippen molar-refractivity contribution >= 4 is 112 Å². The number of rotatable bonds is 30. The number of ether oxygens (including phenoxy) is 1. The number of benzene rings is 3. The topological polar surface area (TPSA) is 568 Å². The van der Waals surface area contributed by atoms with Crippen molar-refractivity contribution in [2.75, 3.05) is 59.5 Å². The first-order chi connectivity index (χ1) is 52.1. The van der Waals surface area contributed by atoms with Crippen molar-refractivity contribution in [2.24, 2.45) is 34.6 Å². The number of hydrogen-bond donors (Lipinski definition) is 18. The second-order valence-electron chi connectivity index (χ2n) is 26.1. The number of amides is 13. The molecule has 0 unspecified atom stereocenters. The van der Waals surface area contributed by atoms with Gasteiger partial charge in [-0.1, -0.05) is 74.1 Å². The van der Waals surface area contributed by atoms with E-state index in [1.807, 2.05) is 0 Å². The lowest BCUT2D eigenvalue weighted by Gasteiger charge is -2.28. The van der Waals surface area contributed by atoms with Crippen LogP contribution in [0.25, 0.3) is 23.1 Å². The van der Waals surface area contributed by atoms with Gasteiger partial charge in [0.2, 0.25) is 59.1 Å². The Morgan fingerprint density at radius 2 is 1.28 bits per heavy atom. The van der Waals surface area contributed by atoms with Crippen molar-refractivity contribution < 1.29 is 77.3 Å². The minimum Gasteiger partial charge on any atom is -0.448 e. The average molecular weight is 1530 g/mol. The lowest BCUT2D eigenvalue weighted by molar-refractivity contribution is -0.136. The molecule has 23 N–H and O–H groups in total. The zero-order chi connectivity index (χ0) is 79.9. The highest BCUT2D eigenvalue weighted by molar-refractivity contribution is 7.99. The summed E-state index contributed by atoms with van der Waals surface area (Å²) in [6.07, 6.45) is -1.74. The van der Waals surface area contributed by atoms with E-state index in [9.17, 15) is 72.5 Å². The maximum absolute atomic E-state index is 14.9. The molecule has 6 rings (SSSR count). The summed E-state index contributed by atoms with van der Waals surface area (Å²) in [4.78, 5) is 189. The van der Waals surface area contributed by atoms with Crippen molar-refractivity contribution in [1.29, 1.82) is 0 Å². The molecule has 0 saturated carbocycles. The number of carbonyl (C=O) groups excluding carboxylic acids is 13. The first-order valence-corrected chi connectivity index (χ1v) is 36.4. The fourth-order valence-corrected chi connectivity index (χ4v) is 12.4. The van der Waals surface area contributed by atoms with Gasteiger partial charge in [0, 0.05) is 54.4 Å². The summed E-state index contributed by atoms with van der Waals surface area (Å²) in [5, 5.41) is 55.3. The third-order valence-electron chi connectivity index (χ3n) is 17.2. The van der Waals surface area contributed by atoms with Crippen LogP contribution in [0.1, 0.15) is 99.9 Å². The van der Waals surface area contributed by atoms with Crippen molar-refractivity contribution in [1.82, 2.24) is 78.1 Å². The lowest BCUT2D eigenvalue weighted by Crippen LogP contribution is -2.61. The number of aliphatic hydroxyl groups excluding tert-OH is 2. The second kappa shape index (κ2) is 43.7. The lowest BCUT2D eigenvalue weighted by atomic mass is 10.00. The van der Waals surface area contributed by atoms with Crippen molar-refractivity contribution in [3.8, 4) is 0 Å². The number of nitrogens with one attached hydrogen (secondary N) is 11. The highest BCUT2D eigenvalue weighted by Crippen LogP contribution is 2.34. The maximum Gasteiger partial charge on any atom is 0.404 e. The van der Waals surface area contributed by atoms with Crippen LogP contribution in [0.3, 0.4) is 0 Å². The van der Waals surface area contributed by atoms with E-state index in [2.05, 4.69) is 68.6 Å².